The fourth-order valence-corrected chi connectivity index (χ4v) is 5.00. The van der Waals surface area contributed by atoms with Gasteiger partial charge in [0.05, 0.1) is 13.2 Å². The molecule has 0 unspecified atom stereocenters. The molecule has 9 nitrogen and oxygen atoms in total. The van der Waals surface area contributed by atoms with E-state index in [-0.39, 0.29) is 0 Å². The van der Waals surface area contributed by atoms with E-state index in [0.29, 0.717) is 11.1 Å². The highest BCUT2D eigenvalue weighted by Gasteiger charge is 2.49. The van der Waals surface area contributed by atoms with Gasteiger partial charge in [0.25, 0.3) is 20.2 Å². The standard InChI is InChI=1S/C18H19F3O9S3/c19-18(20,21)33(26,27)30-17(11-28-31(22,23)13-15-7-3-1-4-8-15)12-29-32(24,25)14-16-9-5-2-6-10-16/h1-10,17H,11-14H2. The number of alkyl halides is 3. The summed E-state index contributed by atoms with van der Waals surface area (Å²) in [4.78, 5) is 0. The van der Waals surface area contributed by atoms with Gasteiger partial charge in [-0.3, -0.25) is 12.5 Å². The van der Waals surface area contributed by atoms with E-state index in [1.807, 2.05) is 0 Å². The van der Waals surface area contributed by atoms with Gasteiger partial charge in [-0.1, -0.05) is 60.7 Å². The Labute approximate surface area is 189 Å². The Balaban J connectivity index is 2.11. The Kier molecular flexibility index (Phi) is 9.01. The smallest absolute Gasteiger partial charge is 0.267 e. The molecule has 0 aliphatic rings. The minimum absolute atomic E-state index is 0.291. The lowest BCUT2D eigenvalue weighted by atomic mass is 10.2. The summed E-state index contributed by atoms with van der Waals surface area (Å²) in [7, 11) is -15.0. The molecule has 0 bridgehead atoms. The highest BCUT2D eigenvalue weighted by molar-refractivity contribution is 7.87. The van der Waals surface area contributed by atoms with Crippen LogP contribution >= 0.6 is 0 Å². The molecule has 0 aromatic heterocycles. The van der Waals surface area contributed by atoms with Crippen LogP contribution in [0, 0.1) is 0 Å². The van der Waals surface area contributed by atoms with Crippen molar-refractivity contribution in [1.82, 2.24) is 0 Å². The lowest BCUT2D eigenvalue weighted by Gasteiger charge is -2.18. The molecule has 2 aromatic rings. The van der Waals surface area contributed by atoms with Crippen LogP contribution in [0.5, 0.6) is 0 Å². The Morgan fingerprint density at radius 3 is 1.36 bits per heavy atom. The third kappa shape index (κ3) is 9.38. The van der Waals surface area contributed by atoms with Crippen molar-refractivity contribution in [2.45, 2.75) is 23.1 Å². The van der Waals surface area contributed by atoms with Crippen molar-refractivity contribution in [2.24, 2.45) is 0 Å². The monoisotopic (exact) mass is 532 g/mol. The summed E-state index contributed by atoms with van der Waals surface area (Å²) in [5, 5.41) is 0. The van der Waals surface area contributed by atoms with Gasteiger partial charge in [-0.2, -0.15) is 38.4 Å². The van der Waals surface area contributed by atoms with Crippen molar-refractivity contribution in [2.75, 3.05) is 13.2 Å². The third-order valence-electron chi connectivity index (χ3n) is 3.79. The summed E-state index contributed by atoms with van der Waals surface area (Å²) in [6, 6.07) is 15.2. The van der Waals surface area contributed by atoms with E-state index in [2.05, 4.69) is 12.5 Å². The van der Waals surface area contributed by atoms with Gasteiger partial charge < -0.3 is 0 Å². The van der Waals surface area contributed by atoms with Crippen molar-refractivity contribution in [3.63, 3.8) is 0 Å². The number of benzene rings is 2. The summed E-state index contributed by atoms with van der Waals surface area (Å²) >= 11 is 0. The molecule has 2 aromatic carbocycles. The summed E-state index contributed by atoms with van der Waals surface area (Å²) < 4.78 is 122. The molecule has 0 atom stereocenters. The summed E-state index contributed by atoms with van der Waals surface area (Å²) in [6.07, 6.45) is -2.23. The molecule has 15 heteroatoms. The second-order valence-electron chi connectivity index (χ2n) is 6.56. The van der Waals surface area contributed by atoms with E-state index in [9.17, 15) is 38.4 Å². The molecular formula is C18H19F3O9S3. The summed E-state index contributed by atoms with van der Waals surface area (Å²) in [5.41, 5.74) is -5.25. The van der Waals surface area contributed by atoms with Crippen molar-refractivity contribution in [1.29, 1.82) is 0 Å². The van der Waals surface area contributed by atoms with E-state index in [1.165, 1.54) is 48.5 Å². The van der Waals surface area contributed by atoms with Crippen LogP contribution in [0.4, 0.5) is 13.2 Å². The zero-order valence-corrected chi connectivity index (χ0v) is 19.2. The molecule has 0 N–H and O–H groups in total. The van der Waals surface area contributed by atoms with Crippen molar-refractivity contribution < 1.29 is 51.0 Å². The second-order valence-corrected chi connectivity index (χ2v) is 11.4. The SMILES string of the molecule is O=S(=O)(Cc1ccccc1)OCC(COS(=O)(=O)Cc1ccccc1)OS(=O)(=O)C(F)(F)F. The first-order valence-corrected chi connectivity index (χ1v) is 13.6. The topological polar surface area (TPSA) is 130 Å². The van der Waals surface area contributed by atoms with Crippen LogP contribution in [0.15, 0.2) is 60.7 Å². The maximum Gasteiger partial charge on any atom is 0.523 e. The molecule has 0 saturated heterocycles. The largest absolute Gasteiger partial charge is 0.523 e. The zero-order chi connectivity index (χ0) is 24.8. The predicted octanol–water partition coefficient (Wildman–Crippen LogP) is 2.31. The van der Waals surface area contributed by atoms with Crippen LogP contribution in [0.25, 0.3) is 0 Å². The quantitative estimate of drug-likeness (QED) is 0.299. The van der Waals surface area contributed by atoms with Gasteiger partial charge in [-0.25, -0.2) is 0 Å². The van der Waals surface area contributed by atoms with Crippen molar-refractivity contribution in [3.8, 4) is 0 Å². The Bertz CT molecular complexity index is 1140. The molecule has 0 aliphatic heterocycles. The molecule has 0 amide bonds. The van der Waals surface area contributed by atoms with Gasteiger partial charge in [-0.15, -0.1) is 0 Å². The molecule has 0 fully saturated rings. The maximum atomic E-state index is 12.7. The van der Waals surface area contributed by atoms with Crippen LogP contribution in [0.3, 0.4) is 0 Å². The summed E-state index contributed by atoms with van der Waals surface area (Å²) in [5.74, 6) is -1.33. The predicted molar refractivity (Wildman–Crippen MR) is 110 cm³/mol. The Hall–Kier alpha value is -2.04. The molecule has 184 valence electrons. The molecular weight excluding hydrogens is 513 g/mol. The molecule has 0 spiro atoms. The molecule has 0 saturated carbocycles. The lowest BCUT2D eigenvalue weighted by molar-refractivity contribution is -0.0601. The first-order chi connectivity index (χ1) is 15.2. The van der Waals surface area contributed by atoms with Crippen LogP contribution in [-0.4, -0.2) is 50.1 Å². The van der Waals surface area contributed by atoms with E-state index < -0.39 is 66.7 Å². The van der Waals surface area contributed by atoms with E-state index >= 15 is 0 Å². The van der Waals surface area contributed by atoms with Crippen LogP contribution in [0.1, 0.15) is 11.1 Å². The van der Waals surface area contributed by atoms with Gasteiger partial charge in [0.15, 0.2) is 0 Å². The molecule has 0 heterocycles. The van der Waals surface area contributed by atoms with Crippen LogP contribution in [0.2, 0.25) is 0 Å². The molecule has 2 rings (SSSR count). The van der Waals surface area contributed by atoms with Gasteiger partial charge in [0.1, 0.15) is 17.6 Å². The maximum absolute atomic E-state index is 12.7. The average Bonchev–Trinajstić information content (AvgIpc) is 2.70. The Morgan fingerprint density at radius 1 is 0.667 bits per heavy atom. The lowest BCUT2D eigenvalue weighted by Crippen LogP contribution is -2.36. The van der Waals surface area contributed by atoms with Gasteiger partial charge in [0, 0.05) is 0 Å². The second kappa shape index (κ2) is 10.9. The van der Waals surface area contributed by atoms with Gasteiger partial charge in [0.2, 0.25) is 0 Å². The number of halogens is 3. The van der Waals surface area contributed by atoms with E-state index in [1.54, 1.807) is 12.1 Å². The minimum Gasteiger partial charge on any atom is -0.267 e. The molecule has 0 aliphatic carbocycles. The van der Waals surface area contributed by atoms with Crippen molar-refractivity contribution in [3.05, 3.63) is 71.8 Å². The van der Waals surface area contributed by atoms with E-state index in [0.717, 1.165) is 0 Å². The van der Waals surface area contributed by atoms with Crippen LogP contribution < -0.4 is 0 Å². The first kappa shape index (κ1) is 27.2. The Morgan fingerprint density at radius 2 is 1.03 bits per heavy atom. The fourth-order valence-electron chi connectivity index (χ4n) is 2.34. The highest BCUT2D eigenvalue weighted by atomic mass is 32.2. The zero-order valence-electron chi connectivity index (χ0n) is 16.7. The van der Waals surface area contributed by atoms with E-state index in [4.69, 9.17) is 0 Å². The third-order valence-corrected chi connectivity index (χ3v) is 7.24. The van der Waals surface area contributed by atoms with Gasteiger partial charge >= 0.3 is 15.6 Å². The number of rotatable bonds is 12. The number of hydrogen-bond donors (Lipinski definition) is 0. The average molecular weight is 533 g/mol. The normalized spacial score (nSPS) is 13.3. The van der Waals surface area contributed by atoms with Crippen molar-refractivity contribution >= 4 is 30.4 Å². The van der Waals surface area contributed by atoms with Crippen LogP contribution in [-0.2, 0) is 54.4 Å². The number of hydrogen-bond acceptors (Lipinski definition) is 9. The minimum atomic E-state index is -6.20. The molecule has 0 radical (unpaired) electrons. The highest BCUT2D eigenvalue weighted by Crippen LogP contribution is 2.26. The summed E-state index contributed by atoms with van der Waals surface area (Å²) in [6.45, 7) is -2.49. The fraction of sp³-hybridized carbons (Fsp3) is 0.333. The first-order valence-electron chi connectivity index (χ1n) is 9.01. The van der Waals surface area contributed by atoms with Gasteiger partial charge in [-0.05, 0) is 11.1 Å². The molecule has 33 heavy (non-hydrogen) atoms.